The molecule has 2 N–H and O–H groups in total. The van der Waals surface area contributed by atoms with Gasteiger partial charge < -0.3 is 4.90 Å². The number of hydrogen-bond donors (Lipinski definition) is 2. The Bertz CT molecular complexity index is 1410. The van der Waals surface area contributed by atoms with Crippen LogP contribution >= 0.6 is 0 Å². The number of anilines is 2. The third-order valence-corrected chi connectivity index (χ3v) is 8.16. The second-order valence-electron chi connectivity index (χ2n) is 7.84. The van der Waals surface area contributed by atoms with E-state index in [1.54, 1.807) is 0 Å². The van der Waals surface area contributed by atoms with Crippen molar-refractivity contribution in [2.75, 3.05) is 16.7 Å². The molecule has 11 nitrogen and oxygen atoms in total. The van der Waals surface area contributed by atoms with Gasteiger partial charge in [-0.15, -0.1) is 0 Å². The number of carbonyl (C=O) groups excluding carboxylic acids is 2. The predicted molar refractivity (Wildman–Crippen MR) is 116 cm³/mol. The zero-order chi connectivity index (χ0) is 25.8. The summed E-state index contributed by atoms with van der Waals surface area (Å²) in [6.45, 7) is -0.0710. The Balaban J connectivity index is 1.60. The molecule has 0 atom stereocenters. The third kappa shape index (κ3) is 4.32. The summed E-state index contributed by atoms with van der Waals surface area (Å²) < 4.78 is 89.2. The average molecular weight is 534 g/mol. The Morgan fingerprint density at radius 2 is 1.69 bits per heavy atom. The Morgan fingerprint density at radius 1 is 1.06 bits per heavy atom. The van der Waals surface area contributed by atoms with Crippen LogP contribution in [0.4, 0.5) is 29.5 Å². The molecule has 0 radical (unpaired) electrons. The molecule has 0 unspecified atom stereocenters. The molecule has 1 aliphatic carbocycles. The third-order valence-electron chi connectivity index (χ3n) is 5.65. The molecule has 1 aromatic heterocycles. The number of urea groups is 1. The van der Waals surface area contributed by atoms with E-state index in [-0.39, 0.29) is 18.1 Å². The largest absolute Gasteiger partial charge is 0.501 e. The number of halogens is 3. The fraction of sp³-hybridized carbons (Fsp3) is 0.316. The van der Waals surface area contributed by atoms with Gasteiger partial charge in [0.05, 0.1) is 10.6 Å². The zero-order valence-electron chi connectivity index (χ0n) is 17.9. The number of amides is 3. The van der Waals surface area contributed by atoms with E-state index in [0.29, 0.717) is 30.5 Å². The van der Waals surface area contributed by atoms with Gasteiger partial charge in [-0.1, -0.05) is 0 Å². The summed E-state index contributed by atoms with van der Waals surface area (Å²) in [7, 11) is -8.21. The lowest BCUT2D eigenvalue weighted by Crippen LogP contribution is -2.36. The Hall–Kier alpha value is -3.24. The Labute approximate surface area is 198 Å². The summed E-state index contributed by atoms with van der Waals surface area (Å²) in [5.41, 5.74) is -6.24. The zero-order valence-corrected chi connectivity index (χ0v) is 19.5. The predicted octanol–water partition coefficient (Wildman–Crippen LogP) is 1.75. The molecule has 188 valence electrons. The van der Waals surface area contributed by atoms with Gasteiger partial charge in [0.1, 0.15) is 11.4 Å². The van der Waals surface area contributed by atoms with Crippen LogP contribution in [0, 0.1) is 0 Å². The number of imide groups is 1. The van der Waals surface area contributed by atoms with Crippen LogP contribution in [-0.2, 0) is 31.4 Å². The second kappa shape index (κ2) is 8.17. The van der Waals surface area contributed by atoms with Crippen LogP contribution in [0.5, 0.6) is 0 Å². The van der Waals surface area contributed by atoms with E-state index in [0.717, 1.165) is 17.0 Å². The van der Waals surface area contributed by atoms with Gasteiger partial charge in [0.2, 0.25) is 0 Å². The second-order valence-corrected chi connectivity index (χ2v) is 11.4. The normalized spacial score (nSPS) is 17.8. The molecule has 4 rings (SSSR count). The summed E-state index contributed by atoms with van der Waals surface area (Å²) in [4.78, 5) is 31.2. The number of nitrogens with zero attached hydrogens (tertiary/aromatic N) is 3. The average Bonchev–Trinajstić information content (AvgIpc) is 3.55. The maximum Gasteiger partial charge on any atom is 0.501 e. The lowest BCUT2D eigenvalue weighted by molar-refractivity contribution is -0.120. The van der Waals surface area contributed by atoms with Gasteiger partial charge >= 0.3 is 11.5 Å². The molecular formula is C19H18F3N5O6S2. The number of sulfone groups is 1. The molecule has 2 heterocycles. The minimum atomic E-state index is -5.58. The summed E-state index contributed by atoms with van der Waals surface area (Å²) in [5, 5.41) is 0. The first kappa shape index (κ1) is 24.9. The molecule has 2 fully saturated rings. The van der Waals surface area contributed by atoms with Crippen molar-refractivity contribution in [3.8, 4) is 0 Å². The van der Waals surface area contributed by atoms with E-state index in [1.807, 2.05) is 0 Å². The minimum Gasteiger partial charge on any atom is -0.305 e. The highest BCUT2D eigenvalue weighted by atomic mass is 32.2. The molecule has 1 aromatic carbocycles. The molecule has 16 heteroatoms. The van der Waals surface area contributed by atoms with Gasteiger partial charge in [-0.3, -0.25) is 9.52 Å². The number of rotatable bonds is 7. The van der Waals surface area contributed by atoms with Crippen molar-refractivity contribution in [2.45, 2.75) is 35.3 Å². The number of benzene rings is 1. The van der Waals surface area contributed by atoms with Crippen LogP contribution in [0.3, 0.4) is 0 Å². The van der Waals surface area contributed by atoms with Crippen molar-refractivity contribution < 1.29 is 39.6 Å². The highest BCUT2D eigenvalue weighted by Gasteiger charge is 2.65. The van der Waals surface area contributed by atoms with Crippen molar-refractivity contribution >= 4 is 43.5 Å². The molecule has 1 saturated heterocycles. The fourth-order valence-electron chi connectivity index (χ4n) is 3.67. The molecule has 2 aliphatic rings. The summed E-state index contributed by atoms with van der Waals surface area (Å²) in [6.07, 6.45) is 2.04. The molecule has 3 amide bonds. The number of hydrogen-bond acceptors (Lipinski definition) is 7. The van der Waals surface area contributed by atoms with Gasteiger partial charge in [-0.25, -0.2) is 27.8 Å². The van der Waals surface area contributed by atoms with E-state index in [9.17, 15) is 39.6 Å². The van der Waals surface area contributed by atoms with Crippen LogP contribution in [-0.4, -0.2) is 56.8 Å². The van der Waals surface area contributed by atoms with E-state index in [1.165, 1.54) is 30.3 Å². The maximum atomic E-state index is 13.2. The lowest BCUT2D eigenvalue weighted by atomic mass is 10.2. The molecule has 1 spiro atoms. The molecular weight excluding hydrogens is 515 g/mol. The first-order valence-electron chi connectivity index (χ1n) is 9.96. The number of aromatic nitrogens is 1. The van der Waals surface area contributed by atoms with Crippen LogP contribution in [0.1, 0.15) is 18.4 Å². The van der Waals surface area contributed by atoms with Gasteiger partial charge in [-0.05, 0) is 54.8 Å². The van der Waals surface area contributed by atoms with Crippen LogP contribution in [0.2, 0.25) is 0 Å². The monoisotopic (exact) mass is 533 g/mol. The summed E-state index contributed by atoms with van der Waals surface area (Å²) in [5.74, 6) is -0.600. The van der Waals surface area contributed by atoms with Crippen LogP contribution in [0.15, 0.2) is 47.5 Å². The van der Waals surface area contributed by atoms with Gasteiger partial charge in [0.15, 0.2) is 0 Å². The number of nitrogens with one attached hydrogen (secondary N) is 2. The van der Waals surface area contributed by atoms with Crippen molar-refractivity contribution in [3.05, 3.63) is 48.2 Å². The number of pyridine rings is 1. The topological polar surface area (TPSA) is 146 Å². The highest BCUT2D eigenvalue weighted by Crippen LogP contribution is 2.49. The maximum absolute atomic E-state index is 13.2. The summed E-state index contributed by atoms with van der Waals surface area (Å²) >= 11 is 0. The Kier molecular flexibility index (Phi) is 5.80. The van der Waals surface area contributed by atoms with E-state index >= 15 is 0 Å². The lowest BCUT2D eigenvalue weighted by Gasteiger charge is -2.21. The minimum absolute atomic E-state index is 0.0158. The van der Waals surface area contributed by atoms with Crippen LogP contribution in [0.25, 0.3) is 0 Å². The van der Waals surface area contributed by atoms with Crippen molar-refractivity contribution in [3.63, 3.8) is 0 Å². The fourth-order valence-corrected chi connectivity index (χ4v) is 4.92. The van der Waals surface area contributed by atoms with E-state index in [4.69, 9.17) is 0 Å². The number of alkyl halides is 3. The van der Waals surface area contributed by atoms with Gasteiger partial charge in [0.25, 0.3) is 26.0 Å². The molecule has 35 heavy (non-hydrogen) atoms. The van der Waals surface area contributed by atoms with Crippen LogP contribution < -0.4 is 14.3 Å². The van der Waals surface area contributed by atoms with Gasteiger partial charge in [0, 0.05) is 19.8 Å². The van der Waals surface area contributed by atoms with Crippen molar-refractivity contribution in [2.24, 2.45) is 0 Å². The van der Waals surface area contributed by atoms with E-state index in [2.05, 4.69) is 14.4 Å². The van der Waals surface area contributed by atoms with Crippen molar-refractivity contribution in [1.82, 2.24) is 14.6 Å². The standard InChI is InChI=1S/C19H18F3N5O6S2/c1-23-35(32,33)25-15-10-12(6-9-24-15)11-26-17(29)27(16(28)18(26)7-8-18)13-2-4-14(5-3-13)34(30,31)19(20,21)22/h2-6,9-10,23H,7-8,11H2,1H3,(H,24,25). The first-order chi connectivity index (χ1) is 16.2. The molecule has 2 aromatic rings. The quantitative estimate of drug-likeness (QED) is 0.516. The SMILES string of the molecule is CNS(=O)(=O)Nc1cc(CN2C(=O)N(c3ccc(S(=O)(=O)C(F)(F)F)cc3)C(=O)C23CC3)ccn1. The molecule has 1 saturated carbocycles. The smallest absolute Gasteiger partial charge is 0.305 e. The van der Waals surface area contributed by atoms with E-state index < -0.39 is 47.9 Å². The van der Waals surface area contributed by atoms with Crippen molar-refractivity contribution in [1.29, 1.82) is 0 Å². The highest BCUT2D eigenvalue weighted by molar-refractivity contribution is 7.92. The Morgan fingerprint density at radius 3 is 2.23 bits per heavy atom. The number of carbonyl (C=O) groups is 2. The summed E-state index contributed by atoms with van der Waals surface area (Å²) in [6, 6.07) is 5.48. The molecule has 0 bridgehead atoms. The first-order valence-corrected chi connectivity index (χ1v) is 12.9. The van der Waals surface area contributed by atoms with Gasteiger partial charge in [-0.2, -0.15) is 21.6 Å². The molecule has 1 aliphatic heterocycles.